The summed E-state index contributed by atoms with van der Waals surface area (Å²) in [6.45, 7) is 9.40. The van der Waals surface area contributed by atoms with Gasteiger partial charge in [-0.25, -0.2) is 0 Å². The van der Waals surface area contributed by atoms with Gasteiger partial charge in [0, 0.05) is 42.9 Å². The highest BCUT2D eigenvalue weighted by Gasteiger charge is 2.45. The number of carbonyl (C=O) groups excluding carboxylic acids is 1. The van der Waals surface area contributed by atoms with Crippen LogP contribution in [0.1, 0.15) is 39.7 Å². The van der Waals surface area contributed by atoms with Gasteiger partial charge in [-0.1, -0.05) is 55.5 Å². The van der Waals surface area contributed by atoms with Gasteiger partial charge < -0.3 is 0 Å². The fourth-order valence-corrected chi connectivity index (χ4v) is 4.74. The summed E-state index contributed by atoms with van der Waals surface area (Å²) >= 11 is 0. The number of hydrogen-bond acceptors (Lipinski definition) is 1. The van der Waals surface area contributed by atoms with Gasteiger partial charge in [0.25, 0.3) is 0 Å². The largest absolute Gasteiger partial charge is 0.288 e. The zero-order chi connectivity index (χ0) is 22.7. The van der Waals surface area contributed by atoms with Crippen LogP contribution < -0.4 is 4.90 Å². The Kier molecular flexibility index (Phi) is 6.09. The standard InChI is InChI=1S/C29H31N2O/c1-5-20-31-26-19-18-23-13-9-10-16-25(23)28(26)29(3,4)27(31)17-11-12-21-30(22(2)32)24-14-7-6-8-15-24/h6-19,21H,5,20H2,1-4H3/q+1. The molecule has 1 amide bonds. The van der Waals surface area contributed by atoms with Crippen molar-refractivity contribution in [3.63, 3.8) is 0 Å². The summed E-state index contributed by atoms with van der Waals surface area (Å²) in [5.74, 6) is -0.0128. The molecule has 3 aromatic rings. The van der Waals surface area contributed by atoms with Crippen LogP contribution in [0.3, 0.4) is 0 Å². The smallest absolute Gasteiger partial charge is 0.227 e. The highest BCUT2D eigenvalue weighted by Crippen LogP contribution is 2.44. The minimum absolute atomic E-state index is 0.0128. The Morgan fingerprint density at radius 2 is 1.69 bits per heavy atom. The molecule has 162 valence electrons. The van der Waals surface area contributed by atoms with E-state index in [1.54, 1.807) is 11.8 Å². The lowest BCUT2D eigenvalue weighted by Gasteiger charge is -2.17. The molecule has 1 aliphatic heterocycles. The van der Waals surface area contributed by atoms with E-state index in [0.717, 1.165) is 18.7 Å². The Bertz CT molecular complexity index is 1230. The zero-order valence-electron chi connectivity index (χ0n) is 19.4. The summed E-state index contributed by atoms with van der Waals surface area (Å²) in [6, 6.07) is 22.8. The van der Waals surface area contributed by atoms with Crippen LogP contribution in [0.2, 0.25) is 0 Å². The van der Waals surface area contributed by atoms with Crippen molar-refractivity contribution in [3.05, 3.63) is 96.7 Å². The zero-order valence-corrected chi connectivity index (χ0v) is 19.4. The van der Waals surface area contributed by atoms with Gasteiger partial charge in [0.15, 0.2) is 5.71 Å². The van der Waals surface area contributed by atoms with Gasteiger partial charge >= 0.3 is 0 Å². The van der Waals surface area contributed by atoms with Gasteiger partial charge in [-0.3, -0.25) is 9.69 Å². The molecule has 0 spiro atoms. The Labute approximate surface area is 191 Å². The topological polar surface area (TPSA) is 23.3 Å². The molecule has 3 heteroatoms. The van der Waals surface area contributed by atoms with Crippen LogP contribution in [-0.4, -0.2) is 22.7 Å². The van der Waals surface area contributed by atoms with E-state index in [4.69, 9.17) is 0 Å². The maximum absolute atomic E-state index is 12.1. The summed E-state index contributed by atoms with van der Waals surface area (Å²) in [6.07, 6.45) is 9.10. The van der Waals surface area contributed by atoms with Gasteiger partial charge in [0.05, 0.1) is 5.41 Å². The second-order valence-electron chi connectivity index (χ2n) is 8.77. The molecule has 3 nitrogen and oxygen atoms in total. The molecule has 0 saturated heterocycles. The van der Waals surface area contributed by atoms with Crippen molar-refractivity contribution in [2.75, 3.05) is 11.4 Å². The van der Waals surface area contributed by atoms with Gasteiger partial charge in [-0.15, -0.1) is 0 Å². The number of anilines is 1. The van der Waals surface area contributed by atoms with Crippen LogP contribution in [0.4, 0.5) is 11.4 Å². The molecule has 1 aliphatic rings. The molecule has 0 aliphatic carbocycles. The van der Waals surface area contributed by atoms with E-state index in [1.807, 2.05) is 48.7 Å². The van der Waals surface area contributed by atoms with Crippen LogP contribution >= 0.6 is 0 Å². The first-order chi connectivity index (χ1) is 15.4. The first-order valence-electron chi connectivity index (χ1n) is 11.3. The molecule has 0 radical (unpaired) electrons. The number of hydrogen-bond donors (Lipinski definition) is 0. The van der Waals surface area contributed by atoms with Crippen molar-refractivity contribution < 1.29 is 9.37 Å². The van der Waals surface area contributed by atoms with Gasteiger partial charge in [0.1, 0.15) is 6.54 Å². The number of nitrogens with zero attached hydrogens (tertiary/aromatic N) is 2. The second kappa shape index (κ2) is 8.96. The lowest BCUT2D eigenvalue weighted by atomic mass is 9.79. The molecular weight excluding hydrogens is 392 g/mol. The Balaban J connectivity index is 1.70. The molecule has 0 atom stereocenters. The van der Waals surface area contributed by atoms with Crippen LogP contribution in [0.5, 0.6) is 0 Å². The quantitative estimate of drug-likeness (QED) is 0.318. The number of para-hydroxylation sites is 1. The van der Waals surface area contributed by atoms with Gasteiger partial charge in [-0.05, 0) is 48.9 Å². The number of rotatable bonds is 6. The third-order valence-electron chi connectivity index (χ3n) is 6.18. The van der Waals surface area contributed by atoms with Crippen LogP contribution in [0, 0.1) is 0 Å². The average molecular weight is 424 g/mol. The molecular formula is C29H31N2O+. The maximum atomic E-state index is 12.1. The van der Waals surface area contributed by atoms with E-state index in [0.29, 0.717) is 0 Å². The summed E-state index contributed by atoms with van der Waals surface area (Å²) < 4.78 is 2.45. The van der Waals surface area contributed by atoms with Crippen LogP contribution in [-0.2, 0) is 10.2 Å². The third kappa shape index (κ3) is 3.91. The fourth-order valence-electron chi connectivity index (χ4n) is 4.74. The molecule has 4 rings (SSSR count). The van der Waals surface area contributed by atoms with E-state index in [-0.39, 0.29) is 11.3 Å². The highest BCUT2D eigenvalue weighted by molar-refractivity contribution is 6.07. The van der Waals surface area contributed by atoms with E-state index < -0.39 is 0 Å². The predicted octanol–water partition coefficient (Wildman–Crippen LogP) is 6.75. The number of amides is 1. The normalized spacial score (nSPS) is 15.1. The molecule has 0 bridgehead atoms. The Morgan fingerprint density at radius 3 is 2.41 bits per heavy atom. The van der Waals surface area contributed by atoms with Gasteiger partial charge in [0.2, 0.25) is 11.6 Å². The van der Waals surface area contributed by atoms with E-state index in [2.05, 4.69) is 67.8 Å². The molecule has 0 unspecified atom stereocenters. The highest BCUT2D eigenvalue weighted by atomic mass is 16.2. The Morgan fingerprint density at radius 1 is 0.969 bits per heavy atom. The number of carbonyl (C=O) groups is 1. The lowest BCUT2D eigenvalue weighted by Crippen LogP contribution is -2.28. The van der Waals surface area contributed by atoms with Gasteiger partial charge in [-0.2, -0.15) is 4.58 Å². The summed E-state index contributed by atoms with van der Waals surface area (Å²) in [5.41, 5.74) is 4.72. The number of allylic oxidation sites excluding steroid dienone is 3. The van der Waals surface area contributed by atoms with Crippen molar-refractivity contribution >= 4 is 33.8 Å². The number of fused-ring (bicyclic) bond motifs is 3. The molecule has 0 fully saturated rings. The Hall–Kier alpha value is -3.46. The minimum Gasteiger partial charge on any atom is -0.288 e. The molecule has 0 saturated carbocycles. The predicted molar refractivity (Wildman–Crippen MR) is 135 cm³/mol. The summed E-state index contributed by atoms with van der Waals surface area (Å²) in [4.78, 5) is 13.8. The third-order valence-corrected chi connectivity index (χ3v) is 6.18. The number of benzene rings is 3. The minimum atomic E-state index is -0.116. The van der Waals surface area contributed by atoms with E-state index in [9.17, 15) is 4.79 Å². The molecule has 3 aromatic carbocycles. The summed E-state index contributed by atoms with van der Waals surface area (Å²) in [5, 5.41) is 2.60. The molecule has 0 N–H and O–H groups in total. The van der Waals surface area contributed by atoms with Crippen molar-refractivity contribution in [2.45, 2.75) is 39.5 Å². The maximum Gasteiger partial charge on any atom is 0.227 e. The first-order valence-corrected chi connectivity index (χ1v) is 11.3. The molecule has 1 heterocycles. The summed E-state index contributed by atoms with van der Waals surface area (Å²) in [7, 11) is 0. The lowest BCUT2D eigenvalue weighted by molar-refractivity contribution is -0.437. The van der Waals surface area contributed by atoms with Crippen molar-refractivity contribution in [1.29, 1.82) is 0 Å². The second-order valence-corrected chi connectivity index (χ2v) is 8.77. The fraction of sp³-hybridized carbons (Fsp3) is 0.241. The van der Waals surface area contributed by atoms with E-state index in [1.165, 1.54) is 27.7 Å². The molecule has 0 aromatic heterocycles. The molecule has 32 heavy (non-hydrogen) atoms. The first kappa shape index (κ1) is 21.8. The van der Waals surface area contributed by atoms with Crippen molar-refractivity contribution in [1.82, 2.24) is 0 Å². The SMILES string of the molecule is CCC[N+]1=C(/C=C/C=C/N(C(C)=O)c2ccccc2)C(C)(C)c2c1ccc1ccccc21. The van der Waals surface area contributed by atoms with Crippen LogP contribution in [0.25, 0.3) is 10.8 Å². The monoisotopic (exact) mass is 423 g/mol. The van der Waals surface area contributed by atoms with Crippen LogP contribution in [0.15, 0.2) is 91.2 Å². The van der Waals surface area contributed by atoms with Crippen molar-refractivity contribution in [3.8, 4) is 0 Å². The van der Waals surface area contributed by atoms with E-state index >= 15 is 0 Å². The van der Waals surface area contributed by atoms with Crippen molar-refractivity contribution in [2.24, 2.45) is 0 Å². The average Bonchev–Trinajstić information content (AvgIpc) is 3.01.